The highest BCUT2D eigenvalue weighted by Gasteiger charge is 2.12. The maximum atomic E-state index is 11.7. The van der Waals surface area contributed by atoms with Crippen LogP contribution in [0.2, 0.25) is 0 Å². The normalized spacial score (nSPS) is 13.7. The predicted octanol–water partition coefficient (Wildman–Crippen LogP) is 4.25. The monoisotopic (exact) mass is 452 g/mol. The quantitative estimate of drug-likeness (QED) is 0.400. The number of anilines is 1. The van der Waals surface area contributed by atoms with Crippen LogP contribution >= 0.6 is 0 Å². The largest absolute Gasteiger partial charge is 0.370 e. The number of hydrogen-bond donors (Lipinski definition) is 3. The molecule has 0 aliphatic carbocycles. The van der Waals surface area contributed by atoms with Crippen molar-refractivity contribution in [3.05, 3.63) is 60.4 Å². The van der Waals surface area contributed by atoms with E-state index in [0.717, 1.165) is 34.7 Å². The van der Waals surface area contributed by atoms with Crippen molar-refractivity contribution in [2.75, 3.05) is 37.5 Å². The summed E-state index contributed by atoms with van der Waals surface area (Å²) in [7, 11) is 1.34. The first-order valence-corrected chi connectivity index (χ1v) is 12.8. The highest BCUT2D eigenvalue weighted by Crippen LogP contribution is 2.30. The van der Waals surface area contributed by atoms with E-state index < -0.39 is 9.73 Å². The number of likely N-dealkylation sites (N-methyl/N-ethyl adjacent to an activating group) is 1. The summed E-state index contributed by atoms with van der Waals surface area (Å²) in [6, 6.07) is 12.5. The third-order valence-corrected chi connectivity index (χ3v) is 6.23. The Morgan fingerprint density at radius 2 is 2.06 bits per heavy atom. The van der Waals surface area contributed by atoms with Gasteiger partial charge in [-0.1, -0.05) is 24.3 Å². The fourth-order valence-electron chi connectivity index (χ4n) is 3.54. The number of pyridine rings is 1. The Balaban J connectivity index is 1.94. The molecule has 170 valence electrons. The number of aryl methyl sites for hydroxylation is 1. The lowest BCUT2D eigenvalue weighted by Crippen LogP contribution is -2.10. The molecular formula is C24H32N6OS. The average Bonchev–Trinajstić information content (AvgIpc) is 3.20. The summed E-state index contributed by atoms with van der Waals surface area (Å²) in [5.41, 5.74) is 6.26. The van der Waals surface area contributed by atoms with Gasteiger partial charge in [-0.05, 0) is 49.7 Å². The molecule has 0 saturated heterocycles. The first-order chi connectivity index (χ1) is 15.3. The van der Waals surface area contributed by atoms with Crippen LogP contribution in [0.15, 0.2) is 54.9 Å². The van der Waals surface area contributed by atoms with E-state index in [9.17, 15) is 4.21 Å². The molecule has 2 heterocycles. The Hall–Kier alpha value is -2.97. The van der Waals surface area contributed by atoms with E-state index in [-0.39, 0.29) is 0 Å². The third kappa shape index (κ3) is 6.27. The molecule has 1 atom stereocenters. The van der Waals surface area contributed by atoms with Gasteiger partial charge in [-0.2, -0.15) is 5.10 Å². The first kappa shape index (κ1) is 23.7. The molecule has 3 N–H and O–H groups in total. The average molecular weight is 453 g/mol. The van der Waals surface area contributed by atoms with Crippen LogP contribution in [-0.4, -0.2) is 51.1 Å². The van der Waals surface area contributed by atoms with Crippen LogP contribution in [-0.2, 0) is 16.8 Å². The van der Waals surface area contributed by atoms with Crippen molar-refractivity contribution >= 4 is 21.1 Å². The van der Waals surface area contributed by atoms with Crippen LogP contribution in [0.25, 0.3) is 28.0 Å². The molecule has 0 fully saturated rings. The molecule has 3 rings (SSSR count). The Morgan fingerprint density at radius 1 is 1.25 bits per heavy atom. The van der Waals surface area contributed by atoms with Gasteiger partial charge in [0.1, 0.15) is 5.82 Å². The number of aromatic nitrogens is 3. The van der Waals surface area contributed by atoms with Gasteiger partial charge in [0.05, 0.1) is 11.9 Å². The molecule has 0 aliphatic rings. The van der Waals surface area contributed by atoms with Gasteiger partial charge < -0.3 is 10.6 Å². The Labute approximate surface area is 191 Å². The number of nitrogens with one attached hydrogen (secondary N) is 3. The van der Waals surface area contributed by atoms with E-state index in [1.54, 1.807) is 4.68 Å². The van der Waals surface area contributed by atoms with Gasteiger partial charge in [-0.3, -0.25) is 13.7 Å². The highest BCUT2D eigenvalue weighted by atomic mass is 32.2. The maximum Gasteiger partial charge on any atom is 0.134 e. The second kappa shape index (κ2) is 10.6. The van der Waals surface area contributed by atoms with Crippen LogP contribution in [0.5, 0.6) is 0 Å². The Morgan fingerprint density at radius 3 is 2.72 bits per heavy atom. The minimum Gasteiger partial charge on any atom is -0.370 e. The second-order valence-corrected chi connectivity index (χ2v) is 10.3. The van der Waals surface area contributed by atoms with E-state index in [2.05, 4.69) is 52.1 Å². The number of rotatable bonds is 10. The summed E-state index contributed by atoms with van der Waals surface area (Å²) >= 11 is 0. The zero-order chi connectivity index (χ0) is 23.1. The summed E-state index contributed by atoms with van der Waals surface area (Å²) in [4.78, 5) is 4.93. The molecule has 0 amide bonds. The topological polar surface area (TPSA) is 95.7 Å². The van der Waals surface area contributed by atoms with Crippen LogP contribution in [0, 0.1) is 4.78 Å². The van der Waals surface area contributed by atoms with Gasteiger partial charge in [-0.25, -0.2) is 4.98 Å². The van der Waals surface area contributed by atoms with Crippen molar-refractivity contribution in [1.29, 1.82) is 4.78 Å². The zero-order valence-electron chi connectivity index (χ0n) is 19.2. The SMILES string of the molecule is C/C=C(\CNC)c1cccc(-c2ccc(-c3cnn(C)c3)c(NCCCS(C)(=N)=O)n2)c1. The van der Waals surface area contributed by atoms with Crippen molar-refractivity contribution in [2.24, 2.45) is 7.05 Å². The van der Waals surface area contributed by atoms with Gasteiger partial charge in [0.2, 0.25) is 0 Å². The number of benzene rings is 1. The molecule has 8 heteroatoms. The van der Waals surface area contributed by atoms with E-state index >= 15 is 0 Å². The molecule has 32 heavy (non-hydrogen) atoms. The van der Waals surface area contributed by atoms with Crippen molar-refractivity contribution in [1.82, 2.24) is 20.1 Å². The summed E-state index contributed by atoms with van der Waals surface area (Å²) < 4.78 is 21.1. The smallest absolute Gasteiger partial charge is 0.134 e. The van der Waals surface area contributed by atoms with E-state index in [0.29, 0.717) is 18.7 Å². The third-order valence-electron chi connectivity index (χ3n) is 5.16. The maximum absolute atomic E-state index is 11.7. The minimum absolute atomic E-state index is 0.363. The van der Waals surface area contributed by atoms with Crippen molar-refractivity contribution in [3.8, 4) is 22.4 Å². The predicted molar refractivity (Wildman–Crippen MR) is 134 cm³/mol. The molecule has 0 aliphatic heterocycles. The number of nitrogens with zero attached hydrogens (tertiary/aromatic N) is 3. The molecule has 0 spiro atoms. The molecule has 0 saturated carbocycles. The second-order valence-electron chi connectivity index (χ2n) is 7.91. The molecule has 0 radical (unpaired) electrons. The molecule has 0 bridgehead atoms. The van der Waals surface area contributed by atoms with Gasteiger partial charge in [0, 0.05) is 64.8 Å². The van der Waals surface area contributed by atoms with Gasteiger partial charge in [-0.15, -0.1) is 0 Å². The number of hydrogen-bond acceptors (Lipinski definition) is 6. The Kier molecular flexibility index (Phi) is 7.82. The minimum atomic E-state index is -2.49. The Bertz CT molecular complexity index is 1200. The van der Waals surface area contributed by atoms with Crippen molar-refractivity contribution < 1.29 is 4.21 Å². The molecule has 1 unspecified atom stereocenters. The lowest BCUT2D eigenvalue weighted by Gasteiger charge is -2.13. The standard InChI is InChI=1S/C24H32N6OS/c1-5-18(15-26-2)19-8-6-9-20(14-19)23-11-10-22(21-16-28-30(3)17-21)24(29-23)27-12-7-13-32(4,25)31/h5-6,8-11,14,16-17,25-26H,7,12-13,15H2,1-4H3,(H,27,29)/b18-5+. The molecule has 3 aromatic rings. The lowest BCUT2D eigenvalue weighted by molar-refractivity contribution is 0.677. The summed E-state index contributed by atoms with van der Waals surface area (Å²) in [5.74, 6) is 1.12. The van der Waals surface area contributed by atoms with Crippen molar-refractivity contribution in [2.45, 2.75) is 13.3 Å². The molecule has 2 aromatic heterocycles. The molecular weight excluding hydrogens is 420 g/mol. The summed E-state index contributed by atoms with van der Waals surface area (Å²) in [5, 5.41) is 10.9. The van der Waals surface area contributed by atoms with E-state index in [1.807, 2.05) is 39.5 Å². The number of allylic oxidation sites excluding steroid dienone is 1. The van der Waals surface area contributed by atoms with Gasteiger partial charge >= 0.3 is 0 Å². The van der Waals surface area contributed by atoms with Gasteiger partial charge in [0.15, 0.2) is 0 Å². The fraction of sp³-hybridized carbons (Fsp3) is 0.333. The van der Waals surface area contributed by atoms with Crippen LogP contribution < -0.4 is 10.6 Å². The summed E-state index contributed by atoms with van der Waals surface area (Å²) in [6.07, 6.45) is 8.02. The molecule has 1 aromatic carbocycles. The lowest BCUT2D eigenvalue weighted by atomic mass is 10.0. The van der Waals surface area contributed by atoms with E-state index in [1.165, 1.54) is 17.4 Å². The zero-order valence-corrected chi connectivity index (χ0v) is 20.0. The van der Waals surface area contributed by atoms with Gasteiger partial charge in [0.25, 0.3) is 0 Å². The van der Waals surface area contributed by atoms with Crippen LogP contribution in [0.4, 0.5) is 5.82 Å². The van der Waals surface area contributed by atoms with Crippen LogP contribution in [0.1, 0.15) is 18.9 Å². The van der Waals surface area contributed by atoms with Crippen molar-refractivity contribution in [3.63, 3.8) is 0 Å². The highest BCUT2D eigenvalue weighted by molar-refractivity contribution is 7.91. The van der Waals surface area contributed by atoms with E-state index in [4.69, 9.17) is 9.76 Å². The molecule has 7 nitrogen and oxygen atoms in total. The summed E-state index contributed by atoms with van der Waals surface area (Å²) in [6.45, 7) is 3.45. The fourth-order valence-corrected chi connectivity index (χ4v) is 4.24. The first-order valence-electron chi connectivity index (χ1n) is 10.7. The van der Waals surface area contributed by atoms with Crippen LogP contribution in [0.3, 0.4) is 0 Å².